The van der Waals surface area contributed by atoms with Crippen molar-refractivity contribution in [3.05, 3.63) is 0 Å². The fraction of sp³-hybridized carbons (Fsp3) is 0.889. The van der Waals surface area contributed by atoms with Crippen LogP contribution in [0, 0.1) is 0 Å². The van der Waals surface area contributed by atoms with E-state index in [1.54, 1.807) is 6.92 Å². The van der Waals surface area contributed by atoms with Gasteiger partial charge in [-0.25, -0.2) is 4.79 Å². The Labute approximate surface area is 94.3 Å². The molecule has 5 heteroatoms. The molecule has 0 aromatic carbocycles. The first kappa shape index (κ1) is 14.0. The van der Waals surface area contributed by atoms with Gasteiger partial charge in [0.25, 0.3) is 0 Å². The van der Waals surface area contributed by atoms with E-state index >= 15 is 0 Å². The summed E-state index contributed by atoms with van der Waals surface area (Å²) >= 11 is 11.6. The van der Waals surface area contributed by atoms with Crippen molar-refractivity contribution in [3.63, 3.8) is 0 Å². The van der Waals surface area contributed by atoms with Crippen molar-refractivity contribution in [1.82, 2.24) is 0 Å². The molecule has 1 atom stereocenters. The van der Waals surface area contributed by atoms with Crippen LogP contribution in [-0.4, -0.2) is 28.1 Å². The van der Waals surface area contributed by atoms with Crippen LogP contribution in [-0.2, 0) is 9.53 Å². The Balaban J connectivity index is 4.06. The van der Waals surface area contributed by atoms with Crippen molar-refractivity contribution in [2.45, 2.75) is 43.5 Å². The Morgan fingerprint density at radius 1 is 1.57 bits per heavy atom. The molecule has 0 rings (SSSR count). The maximum atomic E-state index is 11.3. The SMILES string of the molecule is CCCCC(Cl)(Cl)C(=O)OC(C)CO. The number of halogens is 2. The van der Waals surface area contributed by atoms with Crippen molar-refractivity contribution in [1.29, 1.82) is 0 Å². The number of carbonyl (C=O) groups is 1. The molecule has 0 aliphatic carbocycles. The molecule has 0 fully saturated rings. The molecule has 0 bridgehead atoms. The predicted octanol–water partition coefficient (Wildman–Crippen LogP) is 2.27. The van der Waals surface area contributed by atoms with Crippen LogP contribution in [0.5, 0.6) is 0 Å². The third kappa shape index (κ3) is 5.03. The number of carbonyl (C=O) groups excluding carboxylic acids is 1. The number of alkyl halides is 2. The van der Waals surface area contributed by atoms with E-state index in [0.717, 1.165) is 12.8 Å². The molecule has 0 aliphatic heterocycles. The highest BCUT2D eigenvalue weighted by Crippen LogP contribution is 2.29. The van der Waals surface area contributed by atoms with E-state index in [4.69, 9.17) is 33.0 Å². The first-order chi connectivity index (χ1) is 6.44. The molecule has 0 saturated carbocycles. The van der Waals surface area contributed by atoms with Crippen LogP contribution in [0.1, 0.15) is 33.1 Å². The second kappa shape index (κ2) is 6.49. The number of ether oxygens (including phenoxy) is 1. The normalized spacial score (nSPS) is 13.8. The van der Waals surface area contributed by atoms with E-state index in [2.05, 4.69) is 0 Å². The topological polar surface area (TPSA) is 46.5 Å². The fourth-order valence-corrected chi connectivity index (χ4v) is 1.16. The molecule has 0 aliphatic rings. The summed E-state index contributed by atoms with van der Waals surface area (Å²) in [5, 5.41) is 8.66. The largest absolute Gasteiger partial charge is 0.458 e. The summed E-state index contributed by atoms with van der Waals surface area (Å²) < 4.78 is 3.32. The number of esters is 1. The van der Waals surface area contributed by atoms with Gasteiger partial charge in [0.1, 0.15) is 6.10 Å². The Kier molecular flexibility index (Phi) is 6.49. The van der Waals surface area contributed by atoms with Gasteiger partial charge in [-0.1, -0.05) is 43.0 Å². The summed E-state index contributed by atoms with van der Waals surface area (Å²) in [5.41, 5.74) is 0. The molecule has 1 N–H and O–H groups in total. The number of aliphatic hydroxyl groups is 1. The van der Waals surface area contributed by atoms with Gasteiger partial charge in [0, 0.05) is 0 Å². The smallest absolute Gasteiger partial charge is 0.342 e. The van der Waals surface area contributed by atoms with Crippen LogP contribution in [0.25, 0.3) is 0 Å². The lowest BCUT2D eigenvalue weighted by atomic mass is 10.2. The van der Waals surface area contributed by atoms with Gasteiger partial charge in [0.2, 0.25) is 4.33 Å². The fourth-order valence-electron chi connectivity index (χ4n) is 0.807. The second-order valence-corrected chi connectivity index (χ2v) is 4.69. The highest BCUT2D eigenvalue weighted by molar-refractivity contribution is 6.57. The molecular formula is C9H16Cl2O3. The Morgan fingerprint density at radius 3 is 2.57 bits per heavy atom. The summed E-state index contributed by atoms with van der Waals surface area (Å²) in [6.45, 7) is 3.32. The second-order valence-electron chi connectivity index (χ2n) is 3.21. The lowest BCUT2D eigenvalue weighted by molar-refractivity contribution is -0.151. The van der Waals surface area contributed by atoms with E-state index in [1.165, 1.54) is 0 Å². The summed E-state index contributed by atoms with van der Waals surface area (Å²) in [6.07, 6.45) is 1.46. The van der Waals surface area contributed by atoms with Gasteiger partial charge in [-0.3, -0.25) is 0 Å². The molecule has 84 valence electrons. The van der Waals surface area contributed by atoms with Crippen molar-refractivity contribution in [2.24, 2.45) is 0 Å². The first-order valence-electron chi connectivity index (χ1n) is 4.63. The van der Waals surface area contributed by atoms with Crippen molar-refractivity contribution < 1.29 is 14.6 Å². The van der Waals surface area contributed by atoms with Crippen molar-refractivity contribution in [3.8, 4) is 0 Å². The van der Waals surface area contributed by atoms with Crippen LogP contribution in [0.3, 0.4) is 0 Å². The Bertz CT molecular complexity index is 183. The molecule has 3 nitrogen and oxygen atoms in total. The maximum absolute atomic E-state index is 11.3. The monoisotopic (exact) mass is 242 g/mol. The minimum atomic E-state index is -1.49. The number of hydrogen-bond donors (Lipinski definition) is 1. The van der Waals surface area contributed by atoms with Crippen LogP contribution in [0.2, 0.25) is 0 Å². The third-order valence-corrected chi connectivity index (χ3v) is 2.39. The molecule has 1 unspecified atom stereocenters. The lowest BCUT2D eigenvalue weighted by Gasteiger charge is -2.19. The minimum Gasteiger partial charge on any atom is -0.458 e. The van der Waals surface area contributed by atoms with Crippen LogP contribution in [0.15, 0.2) is 0 Å². The van der Waals surface area contributed by atoms with E-state index in [-0.39, 0.29) is 6.61 Å². The average molecular weight is 243 g/mol. The molecule has 0 saturated heterocycles. The minimum absolute atomic E-state index is 0.233. The average Bonchev–Trinajstić information content (AvgIpc) is 2.14. The zero-order valence-corrected chi connectivity index (χ0v) is 9.94. The van der Waals surface area contributed by atoms with Crippen LogP contribution >= 0.6 is 23.2 Å². The zero-order chi connectivity index (χ0) is 11.2. The summed E-state index contributed by atoms with van der Waals surface area (Å²) in [4.78, 5) is 11.3. The highest BCUT2D eigenvalue weighted by Gasteiger charge is 2.35. The zero-order valence-electron chi connectivity index (χ0n) is 8.43. The molecule has 14 heavy (non-hydrogen) atoms. The van der Waals surface area contributed by atoms with E-state index in [1.807, 2.05) is 6.92 Å². The van der Waals surface area contributed by atoms with Gasteiger partial charge in [0.05, 0.1) is 6.61 Å². The highest BCUT2D eigenvalue weighted by atomic mass is 35.5. The molecule has 0 aromatic rings. The molecular weight excluding hydrogens is 227 g/mol. The van der Waals surface area contributed by atoms with E-state index < -0.39 is 16.4 Å². The van der Waals surface area contributed by atoms with E-state index in [9.17, 15) is 4.79 Å². The predicted molar refractivity (Wildman–Crippen MR) is 56.6 cm³/mol. The van der Waals surface area contributed by atoms with E-state index in [0.29, 0.717) is 6.42 Å². The quantitative estimate of drug-likeness (QED) is 0.575. The molecule has 0 aromatic heterocycles. The third-order valence-electron chi connectivity index (χ3n) is 1.71. The molecule has 0 radical (unpaired) electrons. The number of rotatable bonds is 6. The van der Waals surface area contributed by atoms with Gasteiger partial charge < -0.3 is 9.84 Å². The van der Waals surface area contributed by atoms with Crippen molar-refractivity contribution >= 4 is 29.2 Å². The molecule has 0 amide bonds. The Hall–Kier alpha value is 0.01000. The molecule has 0 spiro atoms. The summed E-state index contributed by atoms with van der Waals surface area (Å²) in [5.74, 6) is -0.684. The number of aliphatic hydroxyl groups excluding tert-OH is 1. The summed E-state index contributed by atoms with van der Waals surface area (Å²) in [7, 11) is 0. The van der Waals surface area contributed by atoms with Crippen LogP contribution in [0.4, 0.5) is 0 Å². The maximum Gasteiger partial charge on any atom is 0.342 e. The standard InChI is InChI=1S/C9H16Cl2O3/c1-3-4-5-9(10,11)8(13)14-7(2)6-12/h7,12H,3-6H2,1-2H3. The number of hydrogen-bond acceptors (Lipinski definition) is 3. The molecule has 0 heterocycles. The number of unbranched alkanes of at least 4 members (excludes halogenated alkanes) is 1. The van der Waals surface area contributed by atoms with Gasteiger partial charge >= 0.3 is 5.97 Å². The Morgan fingerprint density at radius 2 is 2.14 bits per heavy atom. The van der Waals surface area contributed by atoms with Gasteiger partial charge in [-0.15, -0.1) is 0 Å². The first-order valence-corrected chi connectivity index (χ1v) is 5.39. The van der Waals surface area contributed by atoms with Crippen molar-refractivity contribution in [2.75, 3.05) is 6.61 Å². The van der Waals surface area contributed by atoms with Gasteiger partial charge in [-0.2, -0.15) is 0 Å². The van der Waals surface area contributed by atoms with Gasteiger partial charge in [-0.05, 0) is 13.3 Å². The summed E-state index contributed by atoms with van der Waals surface area (Å²) in [6, 6.07) is 0. The lowest BCUT2D eigenvalue weighted by Crippen LogP contribution is -2.32. The van der Waals surface area contributed by atoms with Gasteiger partial charge in [0.15, 0.2) is 0 Å². The van der Waals surface area contributed by atoms with Crippen LogP contribution < -0.4 is 0 Å².